The van der Waals surface area contributed by atoms with Gasteiger partial charge in [0.1, 0.15) is 0 Å². The first-order valence-corrected chi connectivity index (χ1v) is 8.74. The van der Waals surface area contributed by atoms with Gasteiger partial charge in [0.25, 0.3) is 5.91 Å². The van der Waals surface area contributed by atoms with Crippen LogP contribution in [0.5, 0.6) is 0 Å². The van der Waals surface area contributed by atoms with E-state index < -0.39 is 6.10 Å². The first kappa shape index (κ1) is 16.5. The van der Waals surface area contributed by atoms with Crippen molar-refractivity contribution >= 4 is 5.91 Å². The quantitative estimate of drug-likeness (QED) is 0.785. The molecule has 0 fully saturated rings. The molecular formula is C19H21N5O2. The van der Waals surface area contributed by atoms with Crippen LogP contribution in [-0.2, 0) is 13.1 Å². The molecule has 0 unspecified atom stereocenters. The molecule has 7 heteroatoms. The molecule has 0 aliphatic carbocycles. The van der Waals surface area contributed by atoms with Crippen molar-refractivity contribution in [3.8, 4) is 5.69 Å². The number of benzene rings is 1. The summed E-state index contributed by atoms with van der Waals surface area (Å²) in [5.74, 6) is 0.00966. The zero-order valence-corrected chi connectivity index (χ0v) is 14.6. The average Bonchev–Trinajstić information content (AvgIpc) is 3.28. The number of aliphatic hydroxyl groups excluding tert-OH is 1. The number of fused-ring (bicyclic) bond motifs is 1. The molecule has 3 aromatic rings. The maximum atomic E-state index is 12.9. The van der Waals surface area contributed by atoms with Crippen LogP contribution in [0.1, 0.15) is 41.2 Å². The number of aliphatic hydroxyl groups is 1. The van der Waals surface area contributed by atoms with E-state index in [0.717, 1.165) is 24.3 Å². The number of amides is 1. The van der Waals surface area contributed by atoms with Crippen LogP contribution in [0.4, 0.5) is 0 Å². The molecule has 2 aromatic heterocycles. The lowest BCUT2D eigenvalue weighted by atomic mass is 10.1. The molecule has 1 aliphatic heterocycles. The van der Waals surface area contributed by atoms with Gasteiger partial charge in [-0.05, 0) is 43.7 Å². The van der Waals surface area contributed by atoms with Gasteiger partial charge in [0, 0.05) is 36.7 Å². The van der Waals surface area contributed by atoms with Gasteiger partial charge in [-0.1, -0.05) is 0 Å². The van der Waals surface area contributed by atoms with Crippen LogP contribution in [0.3, 0.4) is 0 Å². The van der Waals surface area contributed by atoms with E-state index in [-0.39, 0.29) is 5.91 Å². The minimum absolute atomic E-state index is 0.00966. The van der Waals surface area contributed by atoms with Crippen LogP contribution in [0, 0.1) is 0 Å². The van der Waals surface area contributed by atoms with Crippen molar-refractivity contribution < 1.29 is 9.90 Å². The van der Waals surface area contributed by atoms with E-state index in [1.54, 1.807) is 19.4 Å². The Morgan fingerprint density at radius 2 is 2.04 bits per heavy atom. The van der Waals surface area contributed by atoms with Gasteiger partial charge in [-0.15, -0.1) is 0 Å². The van der Waals surface area contributed by atoms with E-state index >= 15 is 0 Å². The second kappa shape index (κ2) is 6.76. The fraction of sp³-hybridized carbons (Fsp3) is 0.316. The molecule has 1 aliphatic rings. The van der Waals surface area contributed by atoms with Gasteiger partial charge in [0.2, 0.25) is 0 Å². The molecule has 1 atom stereocenters. The summed E-state index contributed by atoms with van der Waals surface area (Å²) in [6.45, 7) is 3.65. The van der Waals surface area contributed by atoms with E-state index in [1.165, 1.54) is 0 Å². The number of rotatable bonds is 3. The van der Waals surface area contributed by atoms with Crippen LogP contribution >= 0.6 is 0 Å². The number of hydrogen-bond acceptors (Lipinski definition) is 4. The largest absolute Gasteiger partial charge is 0.387 e. The molecule has 1 amide bonds. The summed E-state index contributed by atoms with van der Waals surface area (Å²) in [5.41, 5.74) is 3.24. The summed E-state index contributed by atoms with van der Waals surface area (Å²) < 4.78 is 3.80. The van der Waals surface area contributed by atoms with Crippen molar-refractivity contribution in [3.05, 3.63) is 66.0 Å². The lowest BCUT2D eigenvalue weighted by Gasteiger charge is -2.20. The highest BCUT2D eigenvalue weighted by Gasteiger charge is 2.22. The highest BCUT2D eigenvalue weighted by molar-refractivity contribution is 5.94. The Hall–Kier alpha value is -2.93. The SMILES string of the molecule is C[C@H](O)c1cc2n(n1)CCCN(C(=O)c1ccc(-n3ccnc3)cc1)C2. The van der Waals surface area contributed by atoms with Gasteiger partial charge in [-0.3, -0.25) is 9.48 Å². The zero-order chi connectivity index (χ0) is 18.1. The minimum Gasteiger partial charge on any atom is -0.387 e. The van der Waals surface area contributed by atoms with Crippen molar-refractivity contribution in [2.45, 2.75) is 32.5 Å². The second-order valence-corrected chi connectivity index (χ2v) is 6.56. The molecule has 0 saturated carbocycles. The van der Waals surface area contributed by atoms with Gasteiger partial charge < -0.3 is 14.6 Å². The topological polar surface area (TPSA) is 76.2 Å². The highest BCUT2D eigenvalue weighted by atomic mass is 16.3. The molecule has 4 rings (SSSR count). The van der Waals surface area contributed by atoms with E-state index in [2.05, 4.69) is 10.1 Å². The molecule has 1 aromatic carbocycles. The standard InChI is InChI=1S/C19H21N5O2/c1-14(25)18-11-17-12-22(8-2-9-24(17)21-18)19(26)15-3-5-16(6-4-15)23-10-7-20-13-23/h3-7,10-11,13-14,25H,2,8-9,12H2,1H3/t14-/m0/s1. The lowest BCUT2D eigenvalue weighted by Crippen LogP contribution is -2.30. The van der Waals surface area contributed by atoms with Gasteiger partial charge in [0.15, 0.2) is 0 Å². The first-order chi connectivity index (χ1) is 12.6. The van der Waals surface area contributed by atoms with Gasteiger partial charge >= 0.3 is 0 Å². The number of imidazole rings is 1. The highest BCUT2D eigenvalue weighted by Crippen LogP contribution is 2.20. The number of carbonyl (C=O) groups is 1. The lowest BCUT2D eigenvalue weighted by molar-refractivity contribution is 0.0746. The van der Waals surface area contributed by atoms with Crippen LogP contribution < -0.4 is 0 Å². The monoisotopic (exact) mass is 351 g/mol. The Kier molecular flexibility index (Phi) is 4.30. The zero-order valence-electron chi connectivity index (χ0n) is 14.6. The smallest absolute Gasteiger partial charge is 0.254 e. The van der Waals surface area contributed by atoms with Crippen LogP contribution in [0.2, 0.25) is 0 Å². The predicted molar refractivity (Wildman–Crippen MR) is 95.8 cm³/mol. The summed E-state index contributed by atoms with van der Waals surface area (Å²) in [6, 6.07) is 9.42. The fourth-order valence-electron chi connectivity index (χ4n) is 3.23. The predicted octanol–water partition coefficient (Wildman–Crippen LogP) is 2.17. The van der Waals surface area contributed by atoms with Crippen molar-refractivity contribution in [3.63, 3.8) is 0 Å². The molecule has 0 radical (unpaired) electrons. The Balaban J connectivity index is 1.53. The average molecular weight is 351 g/mol. The van der Waals surface area contributed by atoms with Gasteiger partial charge in [-0.2, -0.15) is 5.10 Å². The van der Waals surface area contributed by atoms with E-state index in [9.17, 15) is 9.90 Å². The Morgan fingerprint density at radius 3 is 2.73 bits per heavy atom. The minimum atomic E-state index is -0.603. The second-order valence-electron chi connectivity index (χ2n) is 6.56. The number of aromatic nitrogens is 4. The normalized spacial score (nSPS) is 15.4. The summed E-state index contributed by atoms with van der Waals surface area (Å²) >= 11 is 0. The summed E-state index contributed by atoms with van der Waals surface area (Å²) in [4.78, 5) is 18.8. The molecular weight excluding hydrogens is 330 g/mol. The number of hydrogen-bond donors (Lipinski definition) is 1. The van der Waals surface area contributed by atoms with Crippen molar-refractivity contribution in [2.75, 3.05) is 6.54 Å². The molecule has 3 heterocycles. The summed E-state index contributed by atoms with van der Waals surface area (Å²) in [6.07, 6.45) is 5.56. The van der Waals surface area contributed by atoms with Gasteiger partial charge in [-0.25, -0.2) is 4.98 Å². The van der Waals surface area contributed by atoms with Crippen LogP contribution in [0.25, 0.3) is 5.69 Å². The van der Waals surface area contributed by atoms with Crippen LogP contribution in [0.15, 0.2) is 49.1 Å². The summed E-state index contributed by atoms with van der Waals surface area (Å²) in [5, 5.41) is 14.2. The van der Waals surface area contributed by atoms with E-state index in [0.29, 0.717) is 24.3 Å². The molecule has 0 saturated heterocycles. The van der Waals surface area contributed by atoms with Crippen molar-refractivity contribution in [2.24, 2.45) is 0 Å². The first-order valence-electron chi connectivity index (χ1n) is 8.74. The summed E-state index contributed by atoms with van der Waals surface area (Å²) in [7, 11) is 0. The number of nitrogens with zero attached hydrogens (tertiary/aromatic N) is 5. The fourth-order valence-corrected chi connectivity index (χ4v) is 3.23. The van der Waals surface area contributed by atoms with Crippen molar-refractivity contribution in [1.82, 2.24) is 24.2 Å². The number of aryl methyl sites for hydroxylation is 1. The molecule has 0 spiro atoms. The van der Waals surface area contributed by atoms with E-state index in [1.807, 2.05) is 50.7 Å². The van der Waals surface area contributed by atoms with E-state index in [4.69, 9.17) is 0 Å². The third-order valence-corrected chi connectivity index (χ3v) is 4.67. The maximum absolute atomic E-state index is 12.9. The molecule has 1 N–H and O–H groups in total. The maximum Gasteiger partial charge on any atom is 0.254 e. The number of carbonyl (C=O) groups excluding carboxylic acids is 1. The van der Waals surface area contributed by atoms with Gasteiger partial charge in [0.05, 0.1) is 30.4 Å². The molecule has 7 nitrogen and oxygen atoms in total. The Labute approximate surface area is 151 Å². The third-order valence-electron chi connectivity index (χ3n) is 4.67. The molecule has 26 heavy (non-hydrogen) atoms. The Bertz CT molecular complexity index is 897. The molecule has 0 bridgehead atoms. The van der Waals surface area contributed by atoms with Crippen LogP contribution in [-0.4, -0.2) is 41.8 Å². The Morgan fingerprint density at radius 1 is 1.23 bits per heavy atom. The van der Waals surface area contributed by atoms with Crippen molar-refractivity contribution in [1.29, 1.82) is 0 Å². The third kappa shape index (κ3) is 3.13. The molecule has 134 valence electrons.